The Hall–Kier alpha value is -0.540. The summed E-state index contributed by atoms with van der Waals surface area (Å²) < 4.78 is 12.9. The molecule has 13 heavy (non-hydrogen) atoms. The van der Waals surface area contributed by atoms with Crippen LogP contribution in [0.3, 0.4) is 0 Å². The Kier molecular flexibility index (Phi) is 3.75. The molecule has 0 heterocycles. The van der Waals surface area contributed by atoms with Gasteiger partial charge in [-0.1, -0.05) is 18.2 Å². The number of alkyl halides is 1. The Morgan fingerprint density at radius 3 is 2.62 bits per heavy atom. The summed E-state index contributed by atoms with van der Waals surface area (Å²) in [6.07, 6.45) is 1.64. The van der Waals surface area contributed by atoms with Crippen molar-refractivity contribution >= 4 is 28.3 Å². The van der Waals surface area contributed by atoms with Crippen LogP contribution in [0, 0.1) is 0 Å². The highest BCUT2D eigenvalue weighted by atomic mass is 35.5. The molecule has 0 bridgehead atoms. The molecule has 0 aromatic heterocycles. The van der Waals surface area contributed by atoms with Crippen LogP contribution in [0.5, 0.6) is 0 Å². The van der Waals surface area contributed by atoms with Gasteiger partial charge in [0.2, 0.25) is 0 Å². The topological polar surface area (TPSA) is 20.3 Å². The van der Waals surface area contributed by atoms with Crippen LogP contribution in [-0.4, -0.2) is 17.5 Å². The van der Waals surface area contributed by atoms with Crippen molar-refractivity contribution in [3.63, 3.8) is 0 Å². The first-order valence-corrected chi connectivity index (χ1v) is 5.93. The summed E-state index contributed by atoms with van der Waals surface area (Å²) in [5.74, 6) is 0.442. The standard InChI is InChI=1S/C9H12ClNOS/c1-11(13(2)12)9-6-4-3-5-8(9)7-10/h3-6H,7H2,1-2H3. The average Bonchev–Trinajstić information content (AvgIpc) is 2.16. The maximum atomic E-state index is 11.2. The van der Waals surface area contributed by atoms with Crippen LogP contribution in [0.2, 0.25) is 0 Å². The molecular formula is C9H12ClNOS. The van der Waals surface area contributed by atoms with Crippen molar-refractivity contribution in [2.75, 3.05) is 17.6 Å². The van der Waals surface area contributed by atoms with Gasteiger partial charge >= 0.3 is 0 Å². The third-order valence-corrected chi connectivity index (χ3v) is 3.12. The Morgan fingerprint density at radius 2 is 2.08 bits per heavy atom. The lowest BCUT2D eigenvalue weighted by Crippen LogP contribution is -2.19. The van der Waals surface area contributed by atoms with Crippen molar-refractivity contribution < 1.29 is 4.21 Å². The van der Waals surface area contributed by atoms with E-state index in [0.29, 0.717) is 5.88 Å². The predicted octanol–water partition coefficient (Wildman–Crippen LogP) is 2.16. The molecule has 0 aliphatic rings. The fourth-order valence-corrected chi connectivity index (χ4v) is 1.75. The molecule has 0 radical (unpaired) electrons. The van der Waals surface area contributed by atoms with Crippen molar-refractivity contribution in [2.24, 2.45) is 0 Å². The Balaban J connectivity index is 3.05. The van der Waals surface area contributed by atoms with E-state index in [9.17, 15) is 4.21 Å². The van der Waals surface area contributed by atoms with E-state index in [1.807, 2.05) is 24.3 Å². The van der Waals surface area contributed by atoms with Crippen LogP contribution < -0.4 is 4.31 Å². The van der Waals surface area contributed by atoms with E-state index >= 15 is 0 Å². The van der Waals surface area contributed by atoms with Crippen LogP contribution in [0.4, 0.5) is 5.69 Å². The van der Waals surface area contributed by atoms with E-state index in [-0.39, 0.29) is 0 Å². The predicted molar refractivity (Wildman–Crippen MR) is 58.5 cm³/mol. The van der Waals surface area contributed by atoms with E-state index < -0.39 is 11.0 Å². The van der Waals surface area contributed by atoms with Gasteiger partial charge in [0.1, 0.15) is 11.0 Å². The van der Waals surface area contributed by atoms with E-state index in [1.54, 1.807) is 17.6 Å². The highest BCUT2D eigenvalue weighted by Crippen LogP contribution is 2.21. The maximum absolute atomic E-state index is 11.2. The number of rotatable bonds is 3. The summed E-state index contributed by atoms with van der Waals surface area (Å²) >= 11 is 5.76. The number of anilines is 1. The first-order chi connectivity index (χ1) is 6.16. The zero-order valence-corrected chi connectivity index (χ0v) is 9.23. The second-order valence-electron chi connectivity index (χ2n) is 2.68. The lowest BCUT2D eigenvalue weighted by atomic mass is 10.2. The van der Waals surface area contributed by atoms with Gasteiger partial charge in [0.05, 0.1) is 5.69 Å². The van der Waals surface area contributed by atoms with Crippen LogP contribution in [0.1, 0.15) is 5.56 Å². The fourth-order valence-electron chi connectivity index (χ4n) is 1.07. The van der Waals surface area contributed by atoms with Gasteiger partial charge in [0, 0.05) is 19.2 Å². The van der Waals surface area contributed by atoms with Gasteiger partial charge in [-0.05, 0) is 11.6 Å². The summed E-state index contributed by atoms with van der Waals surface area (Å²) in [5.41, 5.74) is 1.93. The second-order valence-corrected chi connectivity index (χ2v) is 4.35. The van der Waals surface area contributed by atoms with Gasteiger partial charge in [0.15, 0.2) is 0 Å². The Morgan fingerprint density at radius 1 is 1.46 bits per heavy atom. The smallest absolute Gasteiger partial charge is 0.116 e. The van der Waals surface area contributed by atoms with Crippen molar-refractivity contribution in [3.8, 4) is 0 Å². The lowest BCUT2D eigenvalue weighted by molar-refractivity contribution is 0.685. The Labute approximate surface area is 86.1 Å². The van der Waals surface area contributed by atoms with Crippen molar-refractivity contribution in [1.82, 2.24) is 0 Å². The minimum Gasteiger partial charge on any atom is -0.295 e. The number of benzene rings is 1. The van der Waals surface area contributed by atoms with E-state index in [2.05, 4.69) is 0 Å². The third kappa shape index (κ3) is 2.45. The fraction of sp³-hybridized carbons (Fsp3) is 0.333. The monoisotopic (exact) mass is 217 g/mol. The molecule has 0 spiro atoms. The molecular weight excluding hydrogens is 206 g/mol. The third-order valence-electron chi connectivity index (χ3n) is 1.86. The number of hydrogen-bond acceptors (Lipinski definition) is 1. The van der Waals surface area contributed by atoms with Crippen molar-refractivity contribution in [3.05, 3.63) is 29.8 Å². The number of hydrogen-bond donors (Lipinski definition) is 0. The van der Waals surface area contributed by atoms with Gasteiger partial charge in [-0.15, -0.1) is 11.6 Å². The molecule has 0 aliphatic heterocycles. The number of nitrogens with zero attached hydrogens (tertiary/aromatic N) is 1. The summed E-state index contributed by atoms with van der Waals surface area (Å²) in [7, 11) is 0.795. The zero-order chi connectivity index (χ0) is 9.84. The first-order valence-electron chi connectivity index (χ1n) is 3.88. The molecule has 0 fully saturated rings. The molecule has 1 rings (SSSR count). The van der Waals surface area contributed by atoms with Crippen LogP contribution in [0.25, 0.3) is 0 Å². The first kappa shape index (κ1) is 10.5. The van der Waals surface area contributed by atoms with Crippen LogP contribution in [0.15, 0.2) is 24.3 Å². The lowest BCUT2D eigenvalue weighted by Gasteiger charge is -2.18. The summed E-state index contributed by atoms with van der Waals surface area (Å²) in [6, 6.07) is 7.69. The van der Waals surface area contributed by atoms with Gasteiger partial charge in [-0.2, -0.15) is 0 Å². The minimum absolute atomic E-state index is 0.442. The summed E-state index contributed by atoms with van der Waals surface area (Å²) in [4.78, 5) is 0. The van der Waals surface area contributed by atoms with Crippen LogP contribution >= 0.6 is 11.6 Å². The minimum atomic E-state index is -0.998. The Bertz CT molecular complexity index is 316. The maximum Gasteiger partial charge on any atom is 0.116 e. The van der Waals surface area contributed by atoms with Gasteiger partial charge in [-0.25, -0.2) is 4.21 Å². The molecule has 1 atom stereocenters. The molecule has 1 aromatic rings. The molecule has 1 unspecified atom stereocenters. The molecule has 2 nitrogen and oxygen atoms in total. The highest BCUT2D eigenvalue weighted by molar-refractivity contribution is 7.85. The molecule has 0 saturated carbocycles. The normalized spacial score (nSPS) is 12.5. The number of halogens is 1. The van der Waals surface area contributed by atoms with Gasteiger partial charge in [0.25, 0.3) is 0 Å². The summed E-state index contributed by atoms with van der Waals surface area (Å²) in [5, 5.41) is 0. The van der Waals surface area contributed by atoms with E-state index in [0.717, 1.165) is 11.3 Å². The largest absolute Gasteiger partial charge is 0.295 e. The van der Waals surface area contributed by atoms with Crippen molar-refractivity contribution in [1.29, 1.82) is 0 Å². The molecule has 0 saturated heterocycles. The SMILES string of the molecule is CN(c1ccccc1CCl)S(C)=O. The average molecular weight is 218 g/mol. The molecule has 72 valence electrons. The number of para-hydroxylation sites is 1. The molecule has 0 amide bonds. The molecule has 0 aliphatic carbocycles. The van der Waals surface area contributed by atoms with E-state index in [4.69, 9.17) is 11.6 Å². The zero-order valence-electron chi connectivity index (χ0n) is 7.66. The van der Waals surface area contributed by atoms with E-state index in [1.165, 1.54) is 0 Å². The quantitative estimate of drug-likeness (QED) is 0.711. The van der Waals surface area contributed by atoms with Gasteiger partial charge < -0.3 is 0 Å². The molecule has 1 aromatic carbocycles. The van der Waals surface area contributed by atoms with Crippen molar-refractivity contribution in [2.45, 2.75) is 5.88 Å². The molecule has 0 N–H and O–H groups in total. The highest BCUT2D eigenvalue weighted by Gasteiger charge is 2.07. The van der Waals surface area contributed by atoms with Gasteiger partial charge in [-0.3, -0.25) is 4.31 Å². The molecule has 4 heteroatoms. The van der Waals surface area contributed by atoms with Crippen LogP contribution in [-0.2, 0) is 16.9 Å². The second kappa shape index (κ2) is 4.63. The summed E-state index contributed by atoms with van der Waals surface area (Å²) in [6.45, 7) is 0.